The second kappa shape index (κ2) is 7.46. The maximum atomic E-state index is 11.4. The predicted molar refractivity (Wildman–Crippen MR) is 110 cm³/mol. The molecular weight excluding hydrogens is 406 g/mol. The summed E-state index contributed by atoms with van der Waals surface area (Å²) in [5.74, 6) is 0.470. The number of nitrogens with zero attached hydrogens (tertiary/aromatic N) is 6. The Labute approximate surface area is 178 Å². The van der Waals surface area contributed by atoms with Crippen molar-refractivity contribution in [1.29, 1.82) is 5.26 Å². The van der Waals surface area contributed by atoms with E-state index in [4.69, 9.17) is 22.1 Å². The molecule has 1 fully saturated rings. The van der Waals surface area contributed by atoms with Crippen LogP contribution in [0.5, 0.6) is 5.75 Å². The summed E-state index contributed by atoms with van der Waals surface area (Å²) < 4.78 is 7.57. The van der Waals surface area contributed by atoms with Crippen molar-refractivity contribution < 1.29 is 9.53 Å². The lowest BCUT2D eigenvalue weighted by Crippen LogP contribution is -2.51. The maximum absolute atomic E-state index is 11.4. The number of primary amides is 1. The molecule has 10 heteroatoms. The minimum Gasteiger partial charge on any atom is -0.496 e. The monoisotopic (exact) mass is 425 g/mol. The fourth-order valence-corrected chi connectivity index (χ4v) is 4.24. The van der Waals surface area contributed by atoms with Crippen LogP contribution >= 0.6 is 11.6 Å². The van der Waals surface area contributed by atoms with E-state index in [2.05, 4.69) is 21.1 Å². The Morgan fingerprint density at radius 1 is 1.47 bits per heavy atom. The molecule has 0 spiro atoms. The van der Waals surface area contributed by atoms with Gasteiger partial charge in [-0.1, -0.05) is 11.6 Å². The Morgan fingerprint density at radius 3 is 2.83 bits per heavy atom. The minimum atomic E-state index is -0.488. The van der Waals surface area contributed by atoms with Gasteiger partial charge in [0.2, 0.25) is 0 Å². The number of hydrogen-bond acceptors (Lipinski definition) is 6. The largest absolute Gasteiger partial charge is 0.496 e. The smallest absolute Gasteiger partial charge is 0.314 e. The normalized spacial score (nSPS) is 15.0. The molecule has 0 bridgehead atoms. The number of urea groups is 1. The molecule has 1 unspecified atom stereocenters. The third kappa shape index (κ3) is 3.00. The highest BCUT2D eigenvalue weighted by Crippen LogP contribution is 2.44. The first-order valence-corrected chi connectivity index (χ1v) is 9.74. The summed E-state index contributed by atoms with van der Waals surface area (Å²) in [6.45, 7) is 4.68. The van der Waals surface area contributed by atoms with Crippen LogP contribution in [-0.4, -0.2) is 50.9 Å². The summed E-state index contributed by atoms with van der Waals surface area (Å²) in [6, 6.07) is 3.16. The van der Waals surface area contributed by atoms with Crippen molar-refractivity contribution >= 4 is 28.7 Å². The molecule has 2 aromatic heterocycles. The number of methoxy groups -OCH3 is 1. The number of likely N-dealkylation sites (tertiary alicyclic amines) is 1. The number of benzene rings is 1. The molecule has 1 aliphatic heterocycles. The van der Waals surface area contributed by atoms with Crippen molar-refractivity contribution in [3.63, 3.8) is 0 Å². The van der Waals surface area contributed by atoms with Crippen LogP contribution in [-0.2, 0) is 0 Å². The quantitative estimate of drug-likeness (QED) is 0.685. The van der Waals surface area contributed by atoms with Gasteiger partial charge < -0.3 is 15.4 Å². The Hall–Kier alpha value is -3.38. The fraction of sp³-hybridized carbons (Fsp3) is 0.350. The zero-order valence-corrected chi connectivity index (χ0v) is 17.5. The summed E-state index contributed by atoms with van der Waals surface area (Å²) in [7, 11) is 1.56. The van der Waals surface area contributed by atoms with E-state index < -0.39 is 6.03 Å². The number of carbonyl (C=O) groups is 1. The van der Waals surface area contributed by atoms with Crippen molar-refractivity contribution in [3.8, 4) is 11.8 Å². The molecule has 9 nitrogen and oxygen atoms in total. The highest BCUT2D eigenvalue weighted by molar-refractivity contribution is 6.32. The molecule has 3 heterocycles. The molecule has 2 amide bonds. The fourth-order valence-electron chi connectivity index (χ4n) is 3.98. The average Bonchev–Trinajstić information content (AvgIpc) is 3.03. The minimum absolute atomic E-state index is 0.0924. The first kappa shape index (κ1) is 19.9. The highest BCUT2D eigenvalue weighted by Gasteiger charge is 2.36. The second-order valence-corrected chi connectivity index (χ2v) is 7.69. The standard InChI is InChI=1S/C20H20ClN7O2/c1-10-15-6-24-9-25-19(15)28(26-10)11(2)13-4-16(21)14(5-22)17(18(13)30-3)12-7-27(8-12)20(23)29/h4,6,9,11-12H,7-8H2,1-3H3,(H2,23,29). The molecule has 30 heavy (non-hydrogen) atoms. The molecule has 0 saturated carbocycles. The van der Waals surface area contributed by atoms with Crippen LogP contribution in [0.3, 0.4) is 0 Å². The molecule has 4 rings (SSSR count). The summed E-state index contributed by atoms with van der Waals surface area (Å²) in [6.07, 6.45) is 3.21. The summed E-state index contributed by atoms with van der Waals surface area (Å²) >= 11 is 6.50. The summed E-state index contributed by atoms with van der Waals surface area (Å²) in [5.41, 5.74) is 8.68. The molecular formula is C20H20ClN7O2. The highest BCUT2D eigenvalue weighted by atomic mass is 35.5. The Morgan fingerprint density at radius 2 is 2.20 bits per heavy atom. The van der Waals surface area contributed by atoms with Gasteiger partial charge in [0.15, 0.2) is 5.65 Å². The van der Waals surface area contributed by atoms with Crippen molar-refractivity contribution in [2.75, 3.05) is 20.2 Å². The van der Waals surface area contributed by atoms with Crippen molar-refractivity contribution in [3.05, 3.63) is 46.0 Å². The number of rotatable bonds is 4. The number of nitriles is 1. The summed E-state index contributed by atoms with van der Waals surface area (Å²) in [4.78, 5) is 21.4. The number of fused-ring (bicyclic) bond motifs is 1. The number of nitrogens with two attached hydrogens (primary N) is 1. The van der Waals surface area contributed by atoms with Gasteiger partial charge in [0, 0.05) is 36.3 Å². The number of ether oxygens (including phenoxy) is 1. The number of aryl methyl sites for hydroxylation is 1. The van der Waals surface area contributed by atoms with Gasteiger partial charge in [0.1, 0.15) is 18.1 Å². The van der Waals surface area contributed by atoms with E-state index >= 15 is 0 Å². The zero-order chi connectivity index (χ0) is 21.6. The lowest BCUT2D eigenvalue weighted by molar-refractivity contribution is 0.158. The Bertz CT molecular complexity index is 1190. The molecule has 1 saturated heterocycles. The van der Waals surface area contributed by atoms with Gasteiger partial charge in [-0.25, -0.2) is 19.4 Å². The third-order valence-electron chi connectivity index (χ3n) is 5.59. The van der Waals surface area contributed by atoms with Crippen LogP contribution in [0.25, 0.3) is 11.0 Å². The van der Waals surface area contributed by atoms with Crippen molar-refractivity contribution in [2.24, 2.45) is 5.73 Å². The lowest BCUT2D eigenvalue weighted by Gasteiger charge is -2.39. The molecule has 1 aromatic carbocycles. The van der Waals surface area contributed by atoms with Gasteiger partial charge in [0.25, 0.3) is 0 Å². The lowest BCUT2D eigenvalue weighted by atomic mass is 9.85. The van der Waals surface area contributed by atoms with Crippen LogP contribution in [0, 0.1) is 18.3 Å². The topological polar surface area (TPSA) is 123 Å². The number of amides is 2. The number of hydrogen-bond donors (Lipinski definition) is 1. The van der Waals surface area contributed by atoms with Crippen LogP contribution < -0.4 is 10.5 Å². The SMILES string of the molecule is COc1c(C(C)n2nc(C)c3cncnc32)cc(Cl)c(C#N)c1C1CN(C(N)=O)C1. The van der Waals surface area contributed by atoms with Gasteiger partial charge in [0.05, 0.1) is 34.8 Å². The van der Waals surface area contributed by atoms with Crippen molar-refractivity contribution in [2.45, 2.75) is 25.8 Å². The van der Waals surface area contributed by atoms with E-state index in [0.717, 1.165) is 16.6 Å². The second-order valence-electron chi connectivity index (χ2n) is 7.29. The zero-order valence-electron chi connectivity index (χ0n) is 16.8. The van der Waals surface area contributed by atoms with Crippen LogP contribution in [0.15, 0.2) is 18.6 Å². The molecule has 0 radical (unpaired) electrons. The van der Waals surface area contributed by atoms with E-state index in [1.807, 2.05) is 13.8 Å². The number of aromatic nitrogens is 4. The first-order chi connectivity index (χ1) is 14.4. The number of halogens is 1. The van der Waals surface area contributed by atoms with Gasteiger partial charge >= 0.3 is 6.03 Å². The van der Waals surface area contributed by atoms with E-state index in [9.17, 15) is 10.1 Å². The van der Waals surface area contributed by atoms with E-state index in [1.165, 1.54) is 11.2 Å². The van der Waals surface area contributed by atoms with Gasteiger partial charge in [-0.15, -0.1) is 0 Å². The molecule has 3 aromatic rings. The van der Waals surface area contributed by atoms with Crippen molar-refractivity contribution in [1.82, 2.24) is 24.6 Å². The molecule has 1 aliphatic rings. The van der Waals surface area contributed by atoms with E-state index in [-0.39, 0.29) is 12.0 Å². The van der Waals surface area contributed by atoms with Crippen LogP contribution in [0.4, 0.5) is 4.79 Å². The first-order valence-electron chi connectivity index (χ1n) is 9.36. The van der Waals surface area contributed by atoms with Gasteiger partial charge in [-0.2, -0.15) is 10.4 Å². The van der Waals surface area contributed by atoms with Gasteiger partial charge in [-0.05, 0) is 19.9 Å². The molecule has 0 aliphatic carbocycles. The van der Waals surface area contributed by atoms with Crippen LogP contribution in [0.2, 0.25) is 5.02 Å². The predicted octanol–water partition coefficient (Wildman–Crippen LogP) is 2.76. The summed E-state index contributed by atoms with van der Waals surface area (Å²) in [5, 5.41) is 15.6. The Balaban J connectivity index is 1.86. The van der Waals surface area contributed by atoms with Gasteiger partial charge in [-0.3, -0.25) is 0 Å². The molecule has 2 N–H and O–H groups in total. The Kier molecular flexibility index (Phi) is 4.95. The number of carbonyl (C=O) groups excluding carboxylic acids is 1. The molecule has 1 atom stereocenters. The van der Waals surface area contributed by atoms with E-state index in [1.54, 1.807) is 24.1 Å². The maximum Gasteiger partial charge on any atom is 0.314 e. The average molecular weight is 426 g/mol. The molecule has 154 valence electrons. The van der Waals surface area contributed by atoms with E-state index in [0.29, 0.717) is 40.6 Å². The van der Waals surface area contributed by atoms with Crippen LogP contribution in [0.1, 0.15) is 41.3 Å². The third-order valence-corrected chi connectivity index (χ3v) is 5.89.